The third-order valence-electron chi connectivity index (χ3n) is 6.84. The minimum Gasteiger partial charge on any atom is -0.481 e. The van der Waals surface area contributed by atoms with Crippen molar-refractivity contribution in [3.8, 4) is 0 Å². The molecule has 0 unspecified atom stereocenters. The van der Waals surface area contributed by atoms with Crippen LogP contribution in [0.1, 0.15) is 49.8 Å². The van der Waals surface area contributed by atoms with Crippen LogP contribution < -0.4 is 5.32 Å². The van der Waals surface area contributed by atoms with E-state index in [1.807, 2.05) is 87.6 Å². The summed E-state index contributed by atoms with van der Waals surface area (Å²) in [5.41, 5.74) is 3.66. The van der Waals surface area contributed by atoms with Crippen LogP contribution in [0.2, 0.25) is 0 Å². The van der Waals surface area contributed by atoms with Crippen LogP contribution in [0, 0.1) is 0 Å². The summed E-state index contributed by atoms with van der Waals surface area (Å²) >= 11 is 0. The monoisotopic (exact) mass is 541 g/mol. The molecule has 40 heavy (non-hydrogen) atoms. The molecule has 7 heteroatoms. The quantitative estimate of drug-likeness (QED) is 0.198. The molecule has 7 nitrogen and oxygen atoms in total. The molecule has 1 heterocycles. The van der Waals surface area contributed by atoms with Gasteiger partial charge in [0.15, 0.2) is 0 Å². The number of ether oxygens (including phenoxy) is 1. The lowest BCUT2D eigenvalue weighted by Crippen LogP contribution is -2.44. The van der Waals surface area contributed by atoms with Crippen LogP contribution in [0.4, 0.5) is 4.79 Å². The maximum Gasteiger partial charge on any atom is 0.410 e. The first-order chi connectivity index (χ1) is 19.2. The van der Waals surface area contributed by atoms with E-state index in [1.165, 1.54) is 0 Å². The van der Waals surface area contributed by atoms with Crippen molar-refractivity contribution in [3.05, 3.63) is 108 Å². The first-order valence-electron chi connectivity index (χ1n) is 13.8. The van der Waals surface area contributed by atoms with Gasteiger partial charge in [-0.2, -0.15) is 0 Å². The van der Waals surface area contributed by atoms with Gasteiger partial charge in [0, 0.05) is 48.7 Å². The summed E-state index contributed by atoms with van der Waals surface area (Å²) < 4.78 is 5.79. The van der Waals surface area contributed by atoms with Crippen LogP contribution in [-0.4, -0.2) is 58.3 Å². The zero-order valence-corrected chi connectivity index (χ0v) is 23.5. The normalized spacial score (nSPS) is 12.4. The minimum atomic E-state index is -0.866. The lowest BCUT2D eigenvalue weighted by atomic mass is 9.91. The third kappa shape index (κ3) is 8.20. The van der Waals surface area contributed by atoms with Gasteiger partial charge in [-0.3, -0.25) is 4.79 Å². The van der Waals surface area contributed by atoms with Crippen molar-refractivity contribution in [1.29, 1.82) is 0 Å². The lowest BCUT2D eigenvalue weighted by molar-refractivity contribution is -0.137. The predicted octanol–water partition coefficient (Wildman–Crippen LogP) is 6.21. The van der Waals surface area contributed by atoms with Crippen molar-refractivity contribution in [1.82, 2.24) is 15.2 Å². The van der Waals surface area contributed by atoms with E-state index < -0.39 is 17.7 Å². The van der Waals surface area contributed by atoms with Crippen LogP contribution in [0.3, 0.4) is 0 Å². The smallest absolute Gasteiger partial charge is 0.410 e. The highest BCUT2D eigenvalue weighted by molar-refractivity contribution is 5.83. The Balaban J connectivity index is 1.51. The second kappa shape index (κ2) is 13.3. The molecule has 1 aromatic heterocycles. The van der Waals surface area contributed by atoms with Crippen LogP contribution in [0.25, 0.3) is 10.9 Å². The van der Waals surface area contributed by atoms with Crippen LogP contribution in [-0.2, 0) is 16.0 Å². The second-order valence-electron chi connectivity index (χ2n) is 11.1. The summed E-state index contributed by atoms with van der Waals surface area (Å²) in [4.78, 5) is 30.1. The highest BCUT2D eigenvalue weighted by Crippen LogP contribution is 2.26. The number of fused-ring (bicyclic) bond motifs is 1. The molecule has 0 bridgehead atoms. The minimum absolute atomic E-state index is 0.0252. The van der Waals surface area contributed by atoms with Gasteiger partial charge in [0.05, 0.1) is 6.42 Å². The van der Waals surface area contributed by atoms with E-state index in [0.717, 1.165) is 27.6 Å². The number of nitrogens with one attached hydrogen (secondary N) is 2. The number of carboxylic acid groups (broad SMARTS) is 1. The van der Waals surface area contributed by atoms with Gasteiger partial charge in [0.1, 0.15) is 5.60 Å². The number of carboxylic acids is 1. The molecule has 1 atom stereocenters. The Kier molecular flexibility index (Phi) is 9.61. The molecule has 3 aromatic carbocycles. The van der Waals surface area contributed by atoms with Gasteiger partial charge in [0.25, 0.3) is 0 Å². The van der Waals surface area contributed by atoms with Crippen LogP contribution in [0.5, 0.6) is 0 Å². The number of aromatic nitrogens is 1. The van der Waals surface area contributed by atoms with Gasteiger partial charge in [-0.1, -0.05) is 78.9 Å². The van der Waals surface area contributed by atoms with Gasteiger partial charge >= 0.3 is 12.1 Å². The fourth-order valence-corrected chi connectivity index (χ4v) is 4.97. The number of amides is 1. The van der Waals surface area contributed by atoms with Crippen molar-refractivity contribution < 1.29 is 19.4 Å². The fraction of sp³-hybridized carbons (Fsp3) is 0.333. The average molecular weight is 542 g/mol. The number of carbonyl (C=O) groups is 2. The highest BCUT2D eigenvalue weighted by Gasteiger charge is 2.26. The number of nitrogens with zero attached hydrogens (tertiary/aromatic N) is 1. The lowest BCUT2D eigenvalue weighted by Gasteiger charge is -2.31. The molecule has 1 amide bonds. The summed E-state index contributed by atoms with van der Waals surface area (Å²) in [6, 6.07) is 28.0. The molecule has 4 rings (SSSR count). The van der Waals surface area contributed by atoms with Crippen molar-refractivity contribution in [3.63, 3.8) is 0 Å². The molecule has 0 aliphatic heterocycles. The number of H-pyrrole nitrogens is 1. The molecular formula is C33H39N3O4. The first-order valence-corrected chi connectivity index (χ1v) is 13.8. The number of para-hydroxylation sites is 1. The molecule has 3 N–H and O–H groups in total. The van der Waals surface area contributed by atoms with E-state index >= 15 is 0 Å². The molecule has 0 aliphatic carbocycles. The molecule has 0 aliphatic rings. The SMILES string of the molecule is CC(C)(C)OC(=O)N(CCN[C@@H](CC(=O)O)Cc1c[nH]c2ccccc12)CC(c1ccccc1)c1ccccc1. The summed E-state index contributed by atoms with van der Waals surface area (Å²) in [6.07, 6.45) is 2.08. The topological polar surface area (TPSA) is 94.7 Å². The zero-order valence-electron chi connectivity index (χ0n) is 23.5. The standard InChI is InChI=1S/C33H39N3O4/c1-33(2,3)40-32(39)36(23-29(24-12-6-4-7-13-24)25-14-8-5-9-15-25)19-18-34-27(21-31(37)38)20-26-22-35-30-17-11-10-16-28(26)30/h4-17,22,27,29,34-35H,18-21,23H2,1-3H3,(H,37,38)/t27-/m1/s1. The number of rotatable bonds is 12. The molecule has 0 spiro atoms. The summed E-state index contributed by atoms with van der Waals surface area (Å²) in [5.74, 6) is -0.912. The van der Waals surface area contributed by atoms with Gasteiger partial charge in [-0.15, -0.1) is 0 Å². The Hall–Kier alpha value is -4.10. The molecule has 0 radical (unpaired) electrons. The van der Waals surface area contributed by atoms with Crippen molar-refractivity contribution in [2.45, 2.75) is 51.2 Å². The van der Waals surface area contributed by atoms with E-state index in [2.05, 4.69) is 34.6 Å². The largest absolute Gasteiger partial charge is 0.481 e. The van der Waals surface area contributed by atoms with Crippen molar-refractivity contribution >= 4 is 23.0 Å². The van der Waals surface area contributed by atoms with E-state index in [-0.39, 0.29) is 18.4 Å². The Labute approximate surface area is 236 Å². The van der Waals surface area contributed by atoms with E-state index in [9.17, 15) is 14.7 Å². The fourth-order valence-electron chi connectivity index (χ4n) is 4.97. The number of hydrogen-bond acceptors (Lipinski definition) is 4. The Morgan fingerprint density at radius 2 is 1.52 bits per heavy atom. The van der Waals surface area contributed by atoms with Gasteiger partial charge in [-0.25, -0.2) is 4.79 Å². The summed E-state index contributed by atoms with van der Waals surface area (Å²) in [5, 5.41) is 14.1. The maximum absolute atomic E-state index is 13.4. The second-order valence-corrected chi connectivity index (χ2v) is 11.1. The number of hydrogen-bond donors (Lipinski definition) is 3. The third-order valence-corrected chi connectivity index (χ3v) is 6.84. The molecule has 4 aromatic rings. The summed E-state index contributed by atoms with van der Waals surface area (Å²) in [7, 11) is 0. The van der Waals surface area contributed by atoms with Gasteiger partial charge < -0.3 is 25.0 Å². The number of carbonyl (C=O) groups excluding carboxylic acids is 1. The van der Waals surface area contributed by atoms with E-state index in [1.54, 1.807) is 4.90 Å². The van der Waals surface area contributed by atoms with Gasteiger partial charge in [0.2, 0.25) is 0 Å². The number of aliphatic carboxylic acids is 1. The first kappa shape index (κ1) is 28.9. The molecule has 0 saturated carbocycles. The Bertz CT molecular complexity index is 1340. The van der Waals surface area contributed by atoms with Crippen LogP contribution in [0.15, 0.2) is 91.1 Å². The van der Waals surface area contributed by atoms with E-state index in [4.69, 9.17) is 4.74 Å². The molecule has 0 fully saturated rings. The zero-order chi connectivity index (χ0) is 28.5. The average Bonchev–Trinajstić information content (AvgIpc) is 3.33. The number of aromatic amines is 1. The number of benzene rings is 3. The summed E-state index contributed by atoms with van der Waals surface area (Å²) in [6.45, 7) is 6.80. The molecular weight excluding hydrogens is 502 g/mol. The molecule has 210 valence electrons. The van der Waals surface area contributed by atoms with E-state index in [0.29, 0.717) is 26.1 Å². The maximum atomic E-state index is 13.4. The van der Waals surface area contributed by atoms with Crippen molar-refractivity contribution in [2.24, 2.45) is 0 Å². The van der Waals surface area contributed by atoms with Crippen LogP contribution >= 0.6 is 0 Å². The predicted molar refractivity (Wildman–Crippen MR) is 159 cm³/mol. The Morgan fingerprint density at radius 1 is 0.925 bits per heavy atom. The van der Waals surface area contributed by atoms with Gasteiger partial charge in [-0.05, 0) is 49.9 Å². The highest BCUT2D eigenvalue weighted by atomic mass is 16.6. The van der Waals surface area contributed by atoms with Crippen molar-refractivity contribution in [2.75, 3.05) is 19.6 Å². The molecule has 0 saturated heterocycles. The Morgan fingerprint density at radius 3 is 2.12 bits per heavy atom.